The van der Waals surface area contributed by atoms with Crippen LogP contribution in [0.5, 0.6) is 0 Å². The summed E-state index contributed by atoms with van der Waals surface area (Å²) in [5.74, 6) is 2.67. The average Bonchev–Trinajstić information content (AvgIpc) is 2.88. The molecule has 0 aromatic carbocycles. The zero-order chi connectivity index (χ0) is 18.0. The van der Waals surface area contributed by atoms with Gasteiger partial charge in [0.2, 0.25) is 11.6 Å². The molecule has 1 atom stereocenters. The van der Waals surface area contributed by atoms with Gasteiger partial charge in [-0.1, -0.05) is 13.3 Å². The van der Waals surface area contributed by atoms with Gasteiger partial charge in [-0.05, 0) is 40.0 Å². The van der Waals surface area contributed by atoms with Crippen LogP contribution in [0.4, 0.5) is 5.82 Å². The van der Waals surface area contributed by atoms with Gasteiger partial charge in [0.1, 0.15) is 17.4 Å². The molecule has 3 heterocycles. The molecule has 1 fully saturated rings. The van der Waals surface area contributed by atoms with Crippen molar-refractivity contribution < 1.29 is 9.21 Å². The summed E-state index contributed by atoms with van der Waals surface area (Å²) >= 11 is 0. The van der Waals surface area contributed by atoms with Gasteiger partial charge in [0, 0.05) is 25.2 Å². The van der Waals surface area contributed by atoms with Crippen LogP contribution in [0.15, 0.2) is 4.42 Å². The number of rotatable bonds is 5. The quantitative estimate of drug-likeness (QED) is 0.843. The number of amides is 1. The molecule has 6 heteroatoms. The highest BCUT2D eigenvalue weighted by atomic mass is 16.3. The molecule has 1 aliphatic heterocycles. The molecule has 0 aliphatic carbocycles. The second-order valence-corrected chi connectivity index (χ2v) is 6.99. The Morgan fingerprint density at radius 1 is 1.32 bits per heavy atom. The van der Waals surface area contributed by atoms with Crippen LogP contribution in [0.25, 0.3) is 11.1 Å². The topological polar surface area (TPSA) is 71.3 Å². The second kappa shape index (κ2) is 7.42. The van der Waals surface area contributed by atoms with Crippen molar-refractivity contribution >= 4 is 22.8 Å². The molecule has 0 bridgehead atoms. The summed E-state index contributed by atoms with van der Waals surface area (Å²) in [6.45, 7) is 10.4. The first-order valence-corrected chi connectivity index (χ1v) is 9.28. The maximum absolute atomic E-state index is 12.5. The molecule has 0 unspecified atom stereocenters. The molecule has 136 valence electrons. The normalized spacial score (nSPS) is 17.9. The van der Waals surface area contributed by atoms with Crippen molar-refractivity contribution in [3.63, 3.8) is 0 Å². The number of nitrogens with zero attached hydrogens (tertiary/aromatic N) is 3. The fourth-order valence-electron chi connectivity index (χ4n) is 3.48. The Bertz CT molecular complexity index is 768. The minimum atomic E-state index is 0.0178. The molecule has 6 nitrogen and oxygen atoms in total. The zero-order valence-electron chi connectivity index (χ0n) is 15.7. The maximum atomic E-state index is 12.5. The Morgan fingerprint density at radius 3 is 2.88 bits per heavy atom. The van der Waals surface area contributed by atoms with E-state index in [-0.39, 0.29) is 11.8 Å². The van der Waals surface area contributed by atoms with E-state index < -0.39 is 0 Å². The number of nitrogens with one attached hydrogen (secondary N) is 1. The van der Waals surface area contributed by atoms with Crippen LogP contribution < -0.4 is 10.2 Å². The molecule has 2 aromatic heterocycles. The summed E-state index contributed by atoms with van der Waals surface area (Å²) in [6, 6.07) is 0. The fourth-order valence-corrected chi connectivity index (χ4v) is 3.48. The number of carbonyl (C=O) groups excluding carboxylic acids is 1. The fraction of sp³-hybridized carbons (Fsp3) is 0.632. The van der Waals surface area contributed by atoms with Gasteiger partial charge >= 0.3 is 0 Å². The van der Waals surface area contributed by atoms with Gasteiger partial charge in [-0.3, -0.25) is 4.79 Å². The van der Waals surface area contributed by atoms with E-state index in [1.165, 1.54) is 0 Å². The van der Waals surface area contributed by atoms with Crippen molar-refractivity contribution in [2.45, 2.75) is 53.4 Å². The van der Waals surface area contributed by atoms with Crippen LogP contribution >= 0.6 is 0 Å². The molecular formula is C19H28N4O2. The highest BCUT2D eigenvalue weighted by molar-refractivity contribution is 5.90. The van der Waals surface area contributed by atoms with Crippen molar-refractivity contribution in [1.82, 2.24) is 15.3 Å². The summed E-state index contributed by atoms with van der Waals surface area (Å²) in [7, 11) is 0. The largest absolute Gasteiger partial charge is 0.443 e. The lowest BCUT2D eigenvalue weighted by atomic mass is 9.96. The number of aromatic nitrogens is 2. The van der Waals surface area contributed by atoms with E-state index in [4.69, 9.17) is 9.40 Å². The Balaban J connectivity index is 1.84. The zero-order valence-corrected chi connectivity index (χ0v) is 15.7. The van der Waals surface area contributed by atoms with Crippen LogP contribution in [0.3, 0.4) is 0 Å². The van der Waals surface area contributed by atoms with Crippen molar-refractivity contribution in [2.75, 3.05) is 24.5 Å². The van der Waals surface area contributed by atoms with E-state index in [0.717, 1.165) is 61.3 Å². The van der Waals surface area contributed by atoms with Gasteiger partial charge in [0.15, 0.2) is 0 Å². The van der Waals surface area contributed by atoms with Gasteiger partial charge in [0.05, 0.1) is 11.3 Å². The lowest BCUT2D eigenvalue weighted by molar-refractivity contribution is -0.125. The third kappa shape index (κ3) is 3.62. The van der Waals surface area contributed by atoms with Crippen molar-refractivity contribution in [2.24, 2.45) is 5.92 Å². The third-order valence-electron chi connectivity index (χ3n) is 5.04. The van der Waals surface area contributed by atoms with Crippen molar-refractivity contribution in [3.05, 3.63) is 17.1 Å². The average molecular weight is 344 g/mol. The highest BCUT2D eigenvalue weighted by Crippen LogP contribution is 2.33. The smallest absolute Gasteiger partial charge is 0.231 e. The van der Waals surface area contributed by atoms with E-state index in [0.29, 0.717) is 18.1 Å². The predicted molar refractivity (Wildman–Crippen MR) is 98.9 cm³/mol. The monoisotopic (exact) mass is 344 g/mol. The van der Waals surface area contributed by atoms with Gasteiger partial charge in [0.25, 0.3) is 0 Å². The Morgan fingerprint density at radius 2 is 2.12 bits per heavy atom. The molecular weight excluding hydrogens is 316 g/mol. The van der Waals surface area contributed by atoms with Crippen LogP contribution in [0.2, 0.25) is 0 Å². The highest BCUT2D eigenvalue weighted by Gasteiger charge is 2.28. The van der Waals surface area contributed by atoms with Crippen LogP contribution in [-0.4, -0.2) is 35.5 Å². The van der Waals surface area contributed by atoms with E-state index in [2.05, 4.69) is 22.1 Å². The first kappa shape index (κ1) is 17.7. The maximum Gasteiger partial charge on any atom is 0.231 e. The number of fused-ring (bicyclic) bond motifs is 1. The number of hydrogen-bond acceptors (Lipinski definition) is 5. The molecule has 1 saturated heterocycles. The number of piperidine rings is 1. The van der Waals surface area contributed by atoms with E-state index in [9.17, 15) is 4.79 Å². The lowest BCUT2D eigenvalue weighted by Gasteiger charge is -2.33. The van der Waals surface area contributed by atoms with Crippen LogP contribution in [-0.2, 0) is 4.79 Å². The summed E-state index contributed by atoms with van der Waals surface area (Å²) in [4.78, 5) is 23.8. The SMILES string of the molecule is CCCCNC(=O)[C@@H]1CCCN(c2nc(C)nc3oc(C)c(C)c23)C1. The number of unbranched alkanes of at least 4 members (excludes halogenated alkanes) is 1. The standard InChI is InChI=1S/C19H28N4O2/c1-5-6-9-20-18(24)15-8-7-10-23(11-15)17-16-12(2)13(3)25-19(16)22-14(4)21-17/h15H,5-11H2,1-4H3,(H,20,24)/t15-/m1/s1. The Kier molecular flexibility index (Phi) is 5.25. The first-order valence-electron chi connectivity index (χ1n) is 9.28. The number of anilines is 1. The van der Waals surface area contributed by atoms with E-state index in [1.807, 2.05) is 20.8 Å². The molecule has 0 saturated carbocycles. The summed E-state index contributed by atoms with van der Waals surface area (Å²) in [6.07, 6.45) is 4.05. The molecule has 0 spiro atoms. The van der Waals surface area contributed by atoms with E-state index in [1.54, 1.807) is 0 Å². The summed E-state index contributed by atoms with van der Waals surface area (Å²) < 4.78 is 5.79. The number of furan rings is 1. The molecule has 0 radical (unpaired) electrons. The minimum absolute atomic E-state index is 0.0178. The molecule has 3 rings (SSSR count). The molecule has 1 aliphatic rings. The summed E-state index contributed by atoms with van der Waals surface area (Å²) in [5, 5.41) is 4.05. The number of hydrogen-bond donors (Lipinski definition) is 1. The number of aryl methyl sites for hydroxylation is 3. The van der Waals surface area contributed by atoms with Gasteiger partial charge in [-0.2, -0.15) is 4.98 Å². The molecule has 1 N–H and O–H groups in total. The molecule has 1 amide bonds. The number of carbonyl (C=O) groups is 1. The van der Waals surface area contributed by atoms with Crippen molar-refractivity contribution in [3.8, 4) is 0 Å². The van der Waals surface area contributed by atoms with Crippen LogP contribution in [0, 0.1) is 26.7 Å². The second-order valence-electron chi connectivity index (χ2n) is 6.99. The minimum Gasteiger partial charge on any atom is -0.443 e. The van der Waals surface area contributed by atoms with Gasteiger partial charge in [-0.15, -0.1) is 0 Å². The van der Waals surface area contributed by atoms with E-state index >= 15 is 0 Å². The predicted octanol–water partition coefficient (Wildman–Crippen LogP) is 3.28. The molecule has 2 aromatic rings. The van der Waals surface area contributed by atoms with Gasteiger partial charge in [-0.25, -0.2) is 4.98 Å². The third-order valence-corrected chi connectivity index (χ3v) is 5.04. The Hall–Kier alpha value is -2.11. The summed E-state index contributed by atoms with van der Waals surface area (Å²) in [5.41, 5.74) is 1.73. The van der Waals surface area contributed by atoms with Crippen LogP contribution in [0.1, 0.15) is 49.8 Å². The lowest BCUT2D eigenvalue weighted by Crippen LogP contribution is -2.43. The first-order chi connectivity index (χ1) is 12.0. The van der Waals surface area contributed by atoms with Crippen molar-refractivity contribution in [1.29, 1.82) is 0 Å². The molecule has 25 heavy (non-hydrogen) atoms. The van der Waals surface area contributed by atoms with Gasteiger partial charge < -0.3 is 14.6 Å². The Labute approximate surface area is 149 Å².